The zero-order valence-corrected chi connectivity index (χ0v) is 17.4. The number of hydrogen-bond acceptors (Lipinski definition) is 6. The van der Waals surface area contributed by atoms with Crippen LogP contribution >= 0.6 is 0 Å². The average molecular weight is 387 g/mol. The standard InChI is InChI=1S/C21H38O6/c1-4-7-8-9-10-11-12-13-14-15-21(24)27-18(16-25-19(22)5-2)17-26-20(23)6-3/h18H,4-17H2,1-3H3. The molecule has 0 radical (unpaired) electrons. The Morgan fingerprint density at radius 2 is 1.07 bits per heavy atom. The molecule has 27 heavy (non-hydrogen) atoms. The lowest BCUT2D eigenvalue weighted by atomic mass is 10.1. The predicted octanol–water partition coefficient (Wildman–Crippen LogP) is 4.73. The maximum absolute atomic E-state index is 12.0. The van der Waals surface area contributed by atoms with E-state index in [1.165, 1.54) is 38.5 Å². The smallest absolute Gasteiger partial charge is 0.306 e. The Morgan fingerprint density at radius 1 is 0.630 bits per heavy atom. The highest BCUT2D eigenvalue weighted by Crippen LogP contribution is 2.11. The van der Waals surface area contributed by atoms with Crippen LogP contribution < -0.4 is 0 Å². The summed E-state index contributed by atoms with van der Waals surface area (Å²) in [7, 11) is 0. The molecule has 0 saturated carbocycles. The van der Waals surface area contributed by atoms with Crippen LogP contribution in [0.15, 0.2) is 0 Å². The monoisotopic (exact) mass is 386 g/mol. The molecule has 0 aromatic carbocycles. The molecule has 0 unspecified atom stereocenters. The Kier molecular flexibility index (Phi) is 16.8. The lowest BCUT2D eigenvalue weighted by Crippen LogP contribution is -2.30. The normalized spacial score (nSPS) is 10.7. The molecular weight excluding hydrogens is 348 g/mol. The van der Waals surface area contributed by atoms with Gasteiger partial charge in [0, 0.05) is 19.3 Å². The van der Waals surface area contributed by atoms with Gasteiger partial charge in [-0.2, -0.15) is 0 Å². The fourth-order valence-corrected chi connectivity index (χ4v) is 2.52. The van der Waals surface area contributed by atoms with Crippen LogP contribution in [-0.2, 0) is 28.6 Å². The molecule has 0 N–H and O–H groups in total. The molecule has 0 fully saturated rings. The van der Waals surface area contributed by atoms with E-state index >= 15 is 0 Å². The minimum Gasteiger partial charge on any atom is -0.462 e. The van der Waals surface area contributed by atoms with E-state index in [0.29, 0.717) is 6.42 Å². The summed E-state index contributed by atoms with van der Waals surface area (Å²) in [5.74, 6) is -1.10. The van der Waals surface area contributed by atoms with Crippen LogP contribution in [0.2, 0.25) is 0 Å². The SMILES string of the molecule is CCCCCCCCCCCC(=O)OC(COC(=O)CC)COC(=O)CC. The number of hydrogen-bond donors (Lipinski definition) is 0. The summed E-state index contributed by atoms with van der Waals surface area (Å²) in [6.45, 7) is 5.40. The second-order valence-corrected chi connectivity index (χ2v) is 6.76. The first-order valence-electron chi connectivity index (χ1n) is 10.5. The lowest BCUT2D eigenvalue weighted by molar-refractivity contribution is -0.166. The lowest BCUT2D eigenvalue weighted by Gasteiger charge is -2.18. The van der Waals surface area contributed by atoms with Crippen LogP contribution in [0.3, 0.4) is 0 Å². The maximum atomic E-state index is 12.0. The van der Waals surface area contributed by atoms with Crippen molar-refractivity contribution in [1.29, 1.82) is 0 Å². The topological polar surface area (TPSA) is 78.9 Å². The van der Waals surface area contributed by atoms with Gasteiger partial charge in [0.1, 0.15) is 13.2 Å². The van der Waals surface area contributed by atoms with Crippen molar-refractivity contribution < 1.29 is 28.6 Å². The summed E-state index contributed by atoms with van der Waals surface area (Å²) in [4.78, 5) is 34.5. The molecule has 0 amide bonds. The number of carbonyl (C=O) groups is 3. The van der Waals surface area contributed by atoms with Gasteiger partial charge in [-0.15, -0.1) is 0 Å². The summed E-state index contributed by atoms with van der Waals surface area (Å²) in [5, 5.41) is 0. The molecule has 0 saturated heterocycles. The third-order valence-electron chi connectivity index (χ3n) is 4.22. The van der Waals surface area contributed by atoms with E-state index < -0.39 is 6.10 Å². The molecule has 0 aliphatic heterocycles. The number of esters is 3. The van der Waals surface area contributed by atoms with Gasteiger partial charge in [-0.05, 0) is 6.42 Å². The molecule has 0 aliphatic rings. The van der Waals surface area contributed by atoms with Crippen LogP contribution in [0.5, 0.6) is 0 Å². The molecule has 6 nitrogen and oxygen atoms in total. The van der Waals surface area contributed by atoms with Crippen LogP contribution in [0.25, 0.3) is 0 Å². The molecule has 0 rings (SSSR count). The third kappa shape index (κ3) is 16.3. The largest absolute Gasteiger partial charge is 0.462 e. The van der Waals surface area contributed by atoms with E-state index in [2.05, 4.69) is 6.92 Å². The second-order valence-electron chi connectivity index (χ2n) is 6.76. The van der Waals surface area contributed by atoms with E-state index in [-0.39, 0.29) is 44.0 Å². The number of rotatable bonds is 17. The van der Waals surface area contributed by atoms with Gasteiger partial charge in [-0.3, -0.25) is 14.4 Å². The van der Waals surface area contributed by atoms with E-state index in [1.54, 1.807) is 13.8 Å². The molecule has 0 atom stereocenters. The van der Waals surface area contributed by atoms with E-state index in [1.807, 2.05) is 0 Å². The zero-order valence-electron chi connectivity index (χ0n) is 17.4. The Labute approximate surface area is 164 Å². The van der Waals surface area contributed by atoms with Gasteiger partial charge in [0.05, 0.1) is 0 Å². The van der Waals surface area contributed by atoms with Crippen molar-refractivity contribution in [3.05, 3.63) is 0 Å². The molecule has 0 spiro atoms. The first-order chi connectivity index (χ1) is 13.0. The number of ether oxygens (including phenoxy) is 3. The molecule has 0 aliphatic carbocycles. The highest BCUT2D eigenvalue weighted by atomic mass is 16.6. The Bertz CT molecular complexity index is 387. The molecular formula is C21H38O6. The van der Waals surface area contributed by atoms with Gasteiger partial charge in [-0.1, -0.05) is 72.1 Å². The Hall–Kier alpha value is -1.59. The highest BCUT2D eigenvalue weighted by Gasteiger charge is 2.18. The quantitative estimate of drug-likeness (QED) is 0.204. The van der Waals surface area contributed by atoms with Crippen LogP contribution in [0, 0.1) is 0 Å². The third-order valence-corrected chi connectivity index (χ3v) is 4.22. The fourth-order valence-electron chi connectivity index (χ4n) is 2.52. The summed E-state index contributed by atoms with van der Waals surface area (Å²) in [6.07, 6.45) is 10.6. The zero-order chi connectivity index (χ0) is 20.3. The first-order valence-corrected chi connectivity index (χ1v) is 10.5. The molecule has 0 aromatic heterocycles. The van der Waals surface area contributed by atoms with Gasteiger partial charge in [0.25, 0.3) is 0 Å². The predicted molar refractivity (Wildman–Crippen MR) is 104 cm³/mol. The van der Waals surface area contributed by atoms with Crippen LogP contribution in [0.4, 0.5) is 0 Å². The first kappa shape index (κ1) is 25.4. The maximum Gasteiger partial charge on any atom is 0.306 e. The number of carbonyl (C=O) groups excluding carboxylic acids is 3. The summed E-state index contributed by atoms with van der Waals surface area (Å²) in [5.41, 5.74) is 0. The van der Waals surface area contributed by atoms with Crippen LogP contribution in [0.1, 0.15) is 97.8 Å². The van der Waals surface area contributed by atoms with Crippen molar-refractivity contribution in [1.82, 2.24) is 0 Å². The second kappa shape index (κ2) is 17.8. The minimum atomic E-state index is -0.748. The minimum absolute atomic E-state index is 0.0901. The van der Waals surface area contributed by atoms with Crippen molar-refractivity contribution in [2.75, 3.05) is 13.2 Å². The molecule has 6 heteroatoms. The fraction of sp³-hybridized carbons (Fsp3) is 0.857. The van der Waals surface area contributed by atoms with Gasteiger partial charge >= 0.3 is 17.9 Å². The summed E-state index contributed by atoms with van der Waals surface area (Å²) < 4.78 is 15.3. The Balaban J connectivity index is 3.97. The van der Waals surface area contributed by atoms with E-state index in [4.69, 9.17) is 14.2 Å². The molecule has 158 valence electrons. The van der Waals surface area contributed by atoms with Gasteiger partial charge in [0.2, 0.25) is 0 Å². The summed E-state index contributed by atoms with van der Waals surface area (Å²) in [6, 6.07) is 0. The Morgan fingerprint density at radius 3 is 1.52 bits per heavy atom. The van der Waals surface area contributed by atoms with Gasteiger partial charge in [0.15, 0.2) is 6.10 Å². The molecule has 0 heterocycles. The van der Waals surface area contributed by atoms with Crippen LogP contribution in [-0.4, -0.2) is 37.2 Å². The van der Waals surface area contributed by atoms with Crippen molar-refractivity contribution in [3.8, 4) is 0 Å². The number of unbranched alkanes of at least 4 members (excludes halogenated alkanes) is 8. The van der Waals surface area contributed by atoms with Gasteiger partial charge in [-0.25, -0.2) is 0 Å². The van der Waals surface area contributed by atoms with Crippen molar-refractivity contribution in [2.45, 2.75) is 104 Å². The average Bonchev–Trinajstić information content (AvgIpc) is 2.67. The van der Waals surface area contributed by atoms with Crippen molar-refractivity contribution in [2.24, 2.45) is 0 Å². The van der Waals surface area contributed by atoms with Crippen molar-refractivity contribution >= 4 is 17.9 Å². The molecule has 0 aromatic rings. The highest BCUT2D eigenvalue weighted by molar-refractivity contribution is 5.70. The van der Waals surface area contributed by atoms with Gasteiger partial charge < -0.3 is 14.2 Å². The molecule has 0 bridgehead atoms. The van der Waals surface area contributed by atoms with Crippen molar-refractivity contribution in [3.63, 3.8) is 0 Å². The van der Waals surface area contributed by atoms with E-state index in [0.717, 1.165) is 19.3 Å². The van der Waals surface area contributed by atoms with E-state index in [9.17, 15) is 14.4 Å². The summed E-state index contributed by atoms with van der Waals surface area (Å²) >= 11 is 0.